The van der Waals surface area contributed by atoms with E-state index in [9.17, 15) is 0 Å². The lowest BCUT2D eigenvalue weighted by atomic mass is 9.99. The van der Waals surface area contributed by atoms with Crippen molar-refractivity contribution in [3.05, 3.63) is 54.0 Å². The van der Waals surface area contributed by atoms with E-state index in [4.69, 9.17) is 13.6 Å². The summed E-state index contributed by atoms with van der Waals surface area (Å²) in [5, 5.41) is 2.15. The highest BCUT2D eigenvalue weighted by Crippen LogP contribution is 2.39. The van der Waals surface area contributed by atoms with Gasteiger partial charge in [-0.3, -0.25) is 0 Å². The Kier molecular flexibility index (Phi) is 2.76. The minimum atomic E-state index is 0.745. The van der Waals surface area contributed by atoms with E-state index in [0.29, 0.717) is 0 Å². The summed E-state index contributed by atoms with van der Waals surface area (Å²) in [6, 6.07) is 14.3. The summed E-state index contributed by atoms with van der Waals surface area (Å²) in [6.45, 7) is 3.91. The highest BCUT2D eigenvalue weighted by Gasteiger charge is 2.16. The van der Waals surface area contributed by atoms with E-state index < -0.39 is 0 Å². The Labute approximate surface area is 128 Å². The van der Waals surface area contributed by atoms with Crippen molar-refractivity contribution >= 4 is 21.9 Å². The first-order chi connectivity index (χ1) is 10.7. The third-order valence-electron chi connectivity index (χ3n) is 3.95. The zero-order chi connectivity index (χ0) is 15.3. The van der Waals surface area contributed by atoms with Crippen molar-refractivity contribution in [2.24, 2.45) is 0 Å². The largest absolute Gasteiger partial charge is 0.493 e. The number of benzene rings is 2. The van der Waals surface area contributed by atoms with Gasteiger partial charge in [-0.2, -0.15) is 0 Å². The molecule has 22 heavy (non-hydrogen) atoms. The first-order valence-electron chi connectivity index (χ1n) is 7.24. The van der Waals surface area contributed by atoms with Crippen molar-refractivity contribution in [1.82, 2.24) is 0 Å². The molecule has 0 aliphatic rings. The standard InChI is InChI=1S/C19H16O3/c1-11-9-13-5-4-6-15(18(13)21-11)14-7-8-17(20-3)19-16(14)10-12(2)22-19/h4-10H,1-3H3. The van der Waals surface area contributed by atoms with Gasteiger partial charge in [-0.25, -0.2) is 0 Å². The summed E-state index contributed by atoms with van der Waals surface area (Å²) >= 11 is 0. The highest BCUT2D eigenvalue weighted by molar-refractivity contribution is 6.04. The summed E-state index contributed by atoms with van der Waals surface area (Å²) in [6.07, 6.45) is 0. The summed E-state index contributed by atoms with van der Waals surface area (Å²) in [7, 11) is 1.66. The van der Waals surface area contributed by atoms with E-state index >= 15 is 0 Å². The molecule has 4 rings (SSSR count). The van der Waals surface area contributed by atoms with Crippen LogP contribution >= 0.6 is 0 Å². The summed E-state index contributed by atoms with van der Waals surface area (Å²) < 4.78 is 17.1. The molecule has 110 valence electrons. The number of methoxy groups -OCH3 is 1. The number of aryl methyl sites for hydroxylation is 2. The van der Waals surface area contributed by atoms with Gasteiger partial charge in [-0.1, -0.05) is 18.2 Å². The van der Waals surface area contributed by atoms with Crippen LogP contribution in [0.4, 0.5) is 0 Å². The molecule has 0 amide bonds. The molecule has 0 aliphatic heterocycles. The van der Waals surface area contributed by atoms with Gasteiger partial charge in [0.2, 0.25) is 0 Å². The Balaban J connectivity index is 2.08. The van der Waals surface area contributed by atoms with Gasteiger partial charge in [0.05, 0.1) is 7.11 Å². The number of furan rings is 2. The Hall–Kier alpha value is -2.68. The van der Waals surface area contributed by atoms with Crippen molar-refractivity contribution in [3.8, 4) is 16.9 Å². The molecule has 2 aromatic carbocycles. The first-order valence-corrected chi connectivity index (χ1v) is 7.24. The molecule has 0 saturated carbocycles. The smallest absolute Gasteiger partial charge is 0.176 e. The van der Waals surface area contributed by atoms with Crippen molar-refractivity contribution in [3.63, 3.8) is 0 Å². The van der Waals surface area contributed by atoms with Crippen LogP contribution < -0.4 is 4.74 Å². The molecule has 0 aliphatic carbocycles. The van der Waals surface area contributed by atoms with Crippen LogP contribution in [0.2, 0.25) is 0 Å². The molecule has 0 fully saturated rings. The van der Waals surface area contributed by atoms with Crippen LogP contribution in [0, 0.1) is 13.8 Å². The van der Waals surface area contributed by atoms with Crippen molar-refractivity contribution in [1.29, 1.82) is 0 Å². The van der Waals surface area contributed by atoms with Crippen LogP contribution in [0.1, 0.15) is 11.5 Å². The summed E-state index contributed by atoms with van der Waals surface area (Å²) in [5.74, 6) is 2.52. The second kappa shape index (κ2) is 4.67. The lowest BCUT2D eigenvalue weighted by molar-refractivity contribution is 0.409. The van der Waals surface area contributed by atoms with Crippen LogP contribution in [0.3, 0.4) is 0 Å². The van der Waals surface area contributed by atoms with Crippen LogP contribution in [0.5, 0.6) is 5.75 Å². The summed E-state index contributed by atoms with van der Waals surface area (Å²) in [4.78, 5) is 0. The van der Waals surface area contributed by atoms with Crippen LogP contribution in [0.25, 0.3) is 33.1 Å². The zero-order valence-electron chi connectivity index (χ0n) is 12.8. The molecular formula is C19H16O3. The molecule has 2 aromatic heterocycles. The molecule has 0 N–H and O–H groups in total. The molecule has 0 bridgehead atoms. The maximum Gasteiger partial charge on any atom is 0.176 e. The number of rotatable bonds is 2. The SMILES string of the molecule is COc1ccc(-c2cccc3cc(C)oc23)c2cc(C)oc12. The third-order valence-corrected chi connectivity index (χ3v) is 3.95. The lowest BCUT2D eigenvalue weighted by Gasteiger charge is -2.07. The zero-order valence-corrected chi connectivity index (χ0v) is 12.8. The Morgan fingerprint density at radius 2 is 1.59 bits per heavy atom. The van der Waals surface area contributed by atoms with Gasteiger partial charge in [-0.05, 0) is 43.7 Å². The van der Waals surface area contributed by atoms with Gasteiger partial charge in [-0.15, -0.1) is 0 Å². The van der Waals surface area contributed by atoms with Gasteiger partial charge in [0, 0.05) is 16.3 Å². The number of hydrogen-bond donors (Lipinski definition) is 0. The van der Waals surface area contributed by atoms with Gasteiger partial charge in [0.15, 0.2) is 11.3 Å². The maximum atomic E-state index is 5.90. The number of ether oxygens (including phenoxy) is 1. The topological polar surface area (TPSA) is 35.5 Å². The molecule has 0 unspecified atom stereocenters. The van der Waals surface area contributed by atoms with Crippen molar-refractivity contribution < 1.29 is 13.6 Å². The molecule has 0 atom stereocenters. The van der Waals surface area contributed by atoms with Gasteiger partial charge >= 0.3 is 0 Å². The third kappa shape index (κ3) is 1.82. The quantitative estimate of drug-likeness (QED) is 0.491. The van der Waals surface area contributed by atoms with E-state index in [1.165, 1.54) is 0 Å². The molecule has 2 heterocycles. The molecule has 3 heteroatoms. The Morgan fingerprint density at radius 3 is 2.41 bits per heavy atom. The normalized spacial score (nSPS) is 11.4. The van der Waals surface area contributed by atoms with E-state index in [1.54, 1.807) is 7.11 Å². The van der Waals surface area contributed by atoms with Crippen molar-refractivity contribution in [2.75, 3.05) is 7.11 Å². The maximum absolute atomic E-state index is 5.90. The summed E-state index contributed by atoms with van der Waals surface area (Å²) in [5.41, 5.74) is 3.84. The second-order valence-corrected chi connectivity index (χ2v) is 5.50. The molecule has 0 saturated heterocycles. The van der Waals surface area contributed by atoms with Gasteiger partial charge in [0.25, 0.3) is 0 Å². The number of hydrogen-bond acceptors (Lipinski definition) is 3. The molecule has 0 spiro atoms. The van der Waals surface area contributed by atoms with Crippen LogP contribution in [0.15, 0.2) is 51.3 Å². The monoisotopic (exact) mass is 292 g/mol. The fourth-order valence-corrected chi connectivity index (χ4v) is 3.02. The van der Waals surface area contributed by atoms with E-state index in [2.05, 4.69) is 30.3 Å². The average molecular weight is 292 g/mol. The Morgan fingerprint density at radius 1 is 0.818 bits per heavy atom. The van der Waals surface area contributed by atoms with E-state index in [0.717, 1.165) is 50.3 Å². The molecule has 0 radical (unpaired) electrons. The van der Waals surface area contributed by atoms with Crippen LogP contribution in [-0.4, -0.2) is 7.11 Å². The second-order valence-electron chi connectivity index (χ2n) is 5.50. The lowest BCUT2D eigenvalue weighted by Crippen LogP contribution is -1.85. The predicted molar refractivity (Wildman–Crippen MR) is 87.4 cm³/mol. The minimum absolute atomic E-state index is 0.745. The number of para-hydroxylation sites is 1. The van der Waals surface area contributed by atoms with Crippen LogP contribution in [-0.2, 0) is 0 Å². The van der Waals surface area contributed by atoms with Crippen molar-refractivity contribution in [2.45, 2.75) is 13.8 Å². The number of fused-ring (bicyclic) bond motifs is 2. The molecule has 4 aromatic rings. The Bertz CT molecular complexity index is 989. The fraction of sp³-hybridized carbons (Fsp3) is 0.158. The van der Waals surface area contributed by atoms with Gasteiger partial charge in [0.1, 0.15) is 17.1 Å². The first kappa shape index (κ1) is 13.0. The highest BCUT2D eigenvalue weighted by atomic mass is 16.5. The minimum Gasteiger partial charge on any atom is -0.493 e. The average Bonchev–Trinajstić information content (AvgIpc) is 3.07. The predicted octanol–water partition coefficient (Wildman–Crippen LogP) is 5.47. The van der Waals surface area contributed by atoms with E-state index in [1.807, 2.05) is 26.0 Å². The fourth-order valence-electron chi connectivity index (χ4n) is 3.02. The molecule has 3 nitrogen and oxygen atoms in total. The van der Waals surface area contributed by atoms with E-state index in [-0.39, 0.29) is 0 Å². The molecular weight excluding hydrogens is 276 g/mol. The van der Waals surface area contributed by atoms with Gasteiger partial charge < -0.3 is 13.6 Å².